The molecule has 6 heteroatoms. The zero-order valence-corrected chi connectivity index (χ0v) is 12.7. The van der Waals surface area contributed by atoms with Crippen molar-refractivity contribution >= 4 is 32.3 Å². The third-order valence-corrected chi connectivity index (χ3v) is 5.16. The van der Waals surface area contributed by atoms with Crippen molar-refractivity contribution in [1.29, 1.82) is 0 Å². The monoisotopic (exact) mass is 321 g/mol. The lowest BCUT2D eigenvalue weighted by Gasteiger charge is -2.01. The molecule has 0 spiro atoms. The van der Waals surface area contributed by atoms with E-state index < -0.39 is 9.84 Å². The van der Waals surface area contributed by atoms with Gasteiger partial charge in [0.1, 0.15) is 10.8 Å². The van der Waals surface area contributed by atoms with Crippen LogP contribution in [0, 0.1) is 0 Å². The molecular weight excluding hydrogens is 310 g/mol. The van der Waals surface area contributed by atoms with Crippen molar-refractivity contribution in [2.24, 2.45) is 0 Å². The van der Waals surface area contributed by atoms with E-state index in [4.69, 9.17) is 16.3 Å². The highest BCUT2D eigenvalue weighted by atomic mass is 35.5. The van der Waals surface area contributed by atoms with Gasteiger partial charge in [0.25, 0.3) is 0 Å². The first-order chi connectivity index (χ1) is 10.0. The number of nitrogens with one attached hydrogen (secondary N) is 1. The molecule has 1 N–H and O–H groups in total. The fourth-order valence-corrected chi connectivity index (χ4v) is 3.50. The van der Waals surface area contributed by atoms with E-state index in [1.807, 2.05) is 0 Å². The maximum Gasteiger partial charge on any atom is 0.221 e. The first-order valence-corrected chi connectivity index (χ1v) is 8.04. The van der Waals surface area contributed by atoms with E-state index in [0.717, 1.165) is 10.9 Å². The van der Waals surface area contributed by atoms with E-state index in [1.54, 1.807) is 43.5 Å². The molecule has 3 rings (SSSR count). The normalized spacial score (nSPS) is 11.7. The number of benzene rings is 2. The fourth-order valence-electron chi connectivity index (χ4n) is 2.10. The summed E-state index contributed by atoms with van der Waals surface area (Å²) in [6.45, 7) is 0. The van der Waals surface area contributed by atoms with Crippen LogP contribution in [-0.2, 0) is 9.84 Å². The average molecular weight is 322 g/mol. The highest BCUT2D eigenvalue weighted by molar-refractivity contribution is 7.91. The number of aromatic amines is 1. The zero-order chi connectivity index (χ0) is 15.0. The van der Waals surface area contributed by atoms with Crippen LogP contribution >= 0.6 is 11.6 Å². The molecule has 0 saturated carbocycles. The number of methoxy groups -OCH3 is 1. The van der Waals surface area contributed by atoms with Crippen LogP contribution in [0.4, 0.5) is 0 Å². The van der Waals surface area contributed by atoms with Crippen molar-refractivity contribution in [3.8, 4) is 5.75 Å². The zero-order valence-electron chi connectivity index (χ0n) is 11.1. The van der Waals surface area contributed by atoms with Gasteiger partial charge in [-0.05, 0) is 48.5 Å². The second-order valence-electron chi connectivity index (χ2n) is 4.54. The Morgan fingerprint density at radius 3 is 2.43 bits per heavy atom. The first-order valence-electron chi connectivity index (χ1n) is 6.18. The number of rotatable bonds is 3. The second kappa shape index (κ2) is 5.09. The molecule has 0 fully saturated rings. The van der Waals surface area contributed by atoms with E-state index in [9.17, 15) is 8.42 Å². The predicted molar refractivity (Wildman–Crippen MR) is 81.8 cm³/mol. The van der Waals surface area contributed by atoms with Gasteiger partial charge in [-0.1, -0.05) is 11.6 Å². The summed E-state index contributed by atoms with van der Waals surface area (Å²) in [5.41, 5.74) is 0.739. The predicted octanol–water partition coefficient (Wildman–Crippen LogP) is 3.66. The molecule has 1 aromatic heterocycles. The Kier molecular flexibility index (Phi) is 3.39. The van der Waals surface area contributed by atoms with Crippen LogP contribution in [0.5, 0.6) is 5.75 Å². The third kappa shape index (κ3) is 2.50. The highest BCUT2D eigenvalue weighted by Gasteiger charge is 2.20. The van der Waals surface area contributed by atoms with Crippen molar-refractivity contribution < 1.29 is 13.2 Å². The molecule has 0 atom stereocenters. The summed E-state index contributed by atoms with van der Waals surface area (Å²) in [6, 6.07) is 13.0. The maximum atomic E-state index is 12.6. The highest BCUT2D eigenvalue weighted by Crippen LogP contribution is 2.27. The largest absolute Gasteiger partial charge is 0.497 e. The lowest BCUT2D eigenvalue weighted by atomic mass is 10.2. The SMILES string of the molecule is COc1ccc2[nH]c(S(=O)(=O)c3ccc(Cl)cc3)cc2c1. The number of ether oxygens (including phenoxy) is 1. The number of aromatic nitrogens is 1. The second-order valence-corrected chi connectivity index (χ2v) is 6.90. The topological polar surface area (TPSA) is 59.2 Å². The lowest BCUT2D eigenvalue weighted by molar-refractivity contribution is 0.415. The Morgan fingerprint density at radius 2 is 1.76 bits per heavy atom. The summed E-state index contributed by atoms with van der Waals surface area (Å²) in [5, 5.41) is 1.42. The van der Waals surface area contributed by atoms with Crippen LogP contribution in [0.25, 0.3) is 10.9 Å². The van der Waals surface area contributed by atoms with Crippen molar-refractivity contribution in [3.05, 3.63) is 53.6 Å². The van der Waals surface area contributed by atoms with Crippen LogP contribution in [0.3, 0.4) is 0 Å². The standard InChI is InChI=1S/C15H12ClNO3S/c1-20-12-4-7-14-10(8-12)9-15(17-14)21(18,19)13-5-2-11(16)3-6-13/h2-9,17H,1H3. The smallest absolute Gasteiger partial charge is 0.221 e. The van der Waals surface area contributed by atoms with Gasteiger partial charge in [-0.2, -0.15) is 0 Å². The Hall–Kier alpha value is -1.98. The van der Waals surface area contributed by atoms with E-state index >= 15 is 0 Å². The number of H-pyrrole nitrogens is 1. The number of sulfone groups is 1. The Bertz CT molecular complexity index is 898. The summed E-state index contributed by atoms with van der Waals surface area (Å²) < 4.78 is 30.3. The molecule has 21 heavy (non-hydrogen) atoms. The van der Waals surface area contributed by atoms with Crippen molar-refractivity contribution in [2.75, 3.05) is 7.11 Å². The molecule has 0 aliphatic carbocycles. The molecule has 4 nitrogen and oxygen atoms in total. The van der Waals surface area contributed by atoms with E-state index in [-0.39, 0.29) is 9.92 Å². The summed E-state index contributed by atoms with van der Waals surface area (Å²) in [5.74, 6) is 0.678. The molecular formula is C15H12ClNO3S. The Labute approximate surface area is 127 Å². The third-order valence-electron chi connectivity index (χ3n) is 3.22. The van der Waals surface area contributed by atoms with Crippen molar-refractivity contribution in [2.45, 2.75) is 9.92 Å². The average Bonchev–Trinajstić information content (AvgIpc) is 2.91. The summed E-state index contributed by atoms with van der Waals surface area (Å²) in [4.78, 5) is 3.12. The van der Waals surface area contributed by atoms with Crippen LogP contribution in [0.2, 0.25) is 5.02 Å². The summed E-state index contributed by atoms with van der Waals surface area (Å²) in [7, 11) is -2.02. The van der Waals surface area contributed by atoms with Gasteiger partial charge < -0.3 is 9.72 Å². The minimum Gasteiger partial charge on any atom is -0.497 e. The van der Waals surface area contributed by atoms with Crippen LogP contribution < -0.4 is 4.74 Å². The number of hydrogen-bond acceptors (Lipinski definition) is 3. The van der Waals surface area contributed by atoms with E-state index in [1.165, 1.54) is 12.1 Å². The van der Waals surface area contributed by atoms with Crippen LogP contribution in [-0.4, -0.2) is 20.5 Å². The number of fused-ring (bicyclic) bond motifs is 1. The van der Waals surface area contributed by atoms with Gasteiger partial charge in [0, 0.05) is 15.9 Å². The minimum absolute atomic E-state index is 0.146. The number of halogens is 1. The van der Waals surface area contributed by atoms with Crippen LogP contribution in [0.1, 0.15) is 0 Å². The quantitative estimate of drug-likeness (QED) is 0.800. The van der Waals surface area contributed by atoms with Gasteiger partial charge in [0.2, 0.25) is 9.84 Å². The van der Waals surface area contributed by atoms with Gasteiger partial charge in [0.05, 0.1) is 12.0 Å². The first kappa shape index (κ1) is 14.0. The molecule has 0 radical (unpaired) electrons. The van der Waals surface area contributed by atoms with Crippen molar-refractivity contribution in [1.82, 2.24) is 4.98 Å². The van der Waals surface area contributed by atoms with Gasteiger partial charge in [0.15, 0.2) is 0 Å². The molecule has 3 aromatic rings. The van der Waals surface area contributed by atoms with E-state index in [2.05, 4.69) is 4.98 Å². The summed E-state index contributed by atoms with van der Waals surface area (Å²) >= 11 is 5.79. The molecule has 1 heterocycles. The Balaban J connectivity index is 2.12. The molecule has 108 valence electrons. The van der Waals surface area contributed by atoms with E-state index in [0.29, 0.717) is 10.8 Å². The van der Waals surface area contributed by atoms with Crippen LogP contribution in [0.15, 0.2) is 58.5 Å². The maximum absolute atomic E-state index is 12.6. The molecule has 2 aromatic carbocycles. The van der Waals surface area contributed by atoms with Gasteiger partial charge in [-0.3, -0.25) is 0 Å². The molecule has 0 aliphatic heterocycles. The molecule has 0 unspecified atom stereocenters. The fraction of sp³-hybridized carbons (Fsp3) is 0.0667. The van der Waals surface area contributed by atoms with Gasteiger partial charge >= 0.3 is 0 Å². The Morgan fingerprint density at radius 1 is 1.05 bits per heavy atom. The van der Waals surface area contributed by atoms with Crippen molar-refractivity contribution in [3.63, 3.8) is 0 Å². The van der Waals surface area contributed by atoms with Gasteiger partial charge in [-0.25, -0.2) is 8.42 Å². The summed E-state index contributed by atoms with van der Waals surface area (Å²) in [6.07, 6.45) is 0. The molecule has 0 saturated heterocycles. The minimum atomic E-state index is -3.59. The number of hydrogen-bond donors (Lipinski definition) is 1. The van der Waals surface area contributed by atoms with Gasteiger partial charge in [-0.15, -0.1) is 0 Å². The molecule has 0 bridgehead atoms. The molecule has 0 aliphatic rings. The molecule has 0 amide bonds. The lowest BCUT2D eigenvalue weighted by Crippen LogP contribution is -2.01.